The molecule has 1 aromatic rings. The summed E-state index contributed by atoms with van der Waals surface area (Å²) >= 11 is 0. The number of hydrogen-bond donors (Lipinski definition) is 1. The summed E-state index contributed by atoms with van der Waals surface area (Å²) in [5, 5.41) is 0. The molecule has 0 saturated carbocycles. The summed E-state index contributed by atoms with van der Waals surface area (Å²) in [6.07, 6.45) is 0.172. The van der Waals surface area contributed by atoms with Gasteiger partial charge in [-0.15, -0.1) is 0 Å². The van der Waals surface area contributed by atoms with E-state index in [9.17, 15) is 4.39 Å². The van der Waals surface area contributed by atoms with E-state index < -0.39 is 0 Å². The highest BCUT2D eigenvalue weighted by atomic mass is 19.1. The molecular formula is C11H16FNO. The summed E-state index contributed by atoms with van der Waals surface area (Å²) in [7, 11) is 0. The lowest BCUT2D eigenvalue weighted by Gasteiger charge is -2.10. The summed E-state index contributed by atoms with van der Waals surface area (Å²) in [5.74, 6) is -0.251. The molecule has 0 saturated heterocycles. The molecule has 0 spiro atoms. The zero-order chi connectivity index (χ0) is 10.6. The molecule has 0 aliphatic carbocycles. The van der Waals surface area contributed by atoms with Crippen molar-refractivity contribution >= 4 is 0 Å². The fraction of sp³-hybridized carbons (Fsp3) is 0.455. The van der Waals surface area contributed by atoms with E-state index in [2.05, 4.69) is 0 Å². The molecular weight excluding hydrogens is 181 g/mol. The van der Waals surface area contributed by atoms with Crippen molar-refractivity contribution in [2.24, 2.45) is 5.73 Å². The highest BCUT2D eigenvalue weighted by Gasteiger charge is 2.03. The Labute approximate surface area is 83.9 Å². The maximum atomic E-state index is 12.8. The summed E-state index contributed by atoms with van der Waals surface area (Å²) in [5.41, 5.74) is 7.28. The standard InChI is InChI=1S/C11H16FNO/c1-8(2)14-7-9-3-4-11(12)5-10(9)6-13/h3-5,8H,6-7,13H2,1-2H3. The Morgan fingerprint density at radius 1 is 1.36 bits per heavy atom. The summed E-state index contributed by atoms with van der Waals surface area (Å²) in [4.78, 5) is 0. The molecule has 0 radical (unpaired) electrons. The first-order valence-corrected chi connectivity index (χ1v) is 4.72. The van der Waals surface area contributed by atoms with Crippen molar-refractivity contribution in [2.45, 2.75) is 33.1 Å². The number of halogens is 1. The van der Waals surface area contributed by atoms with E-state index in [-0.39, 0.29) is 11.9 Å². The van der Waals surface area contributed by atoms with Gasteiger partial charge >= 0.3 is 0 Å². The zero-order valence-corrected chi connectivity index (χ0v) is 8.59. The Hall–Kier alpha value is -0.930. The SMILES string of the molecule is CC(C)OCc1ccc(F)cc1CN. The number of ether oxygens (including phenoxy) is 1. The van der Waals surface area contributed by atoms with Crippen molar-refractivity contribution in [1.29, 1.82) is 0 Å². The second-order valence-electron chi connectivity index (χ2n) is 3.48. The van der Waals surface area contributed by atoms with Gasteiger partial charge in [0.25, 0.3) is 0 Å². The molecule has 0 atom stereocenters. The maximum Gasteiger partial charge on any atom is 0.123 e. The first-order chi connectivity index (χ1) is 6.63. The quantitative estimate of drug-likeness (QED) is 0.803. The summed E-state index contributed by atoms with van der Waals surface area (Å²) in [6, 6.07) is 4.61. The van der Waals surface area contributed by atoms with E-state index in [1.165, 1.54) is 12.1 Å². The van der Waals surface area contributed by atoms with E-state index >= 15 is 0 Å². The predicted octanol–water partition coefficient (Wildman–Crippen LogP) is 2.21. The Morgan fingerprint density at radius 3 is 2.64 bits per heavy atom. The Morgan fingerprint density at radius 2 is 2.07 bits per heavy atom. The van der Waals surface area contributed by atoms with Crippen LogP contribution in [-0.2, 0) is 17.9 Å². The second kappa shape index (κ2) is 5.08. The molecule has 0 aliphatic rings. The van der Waals surface area contributed by atoms with Crippen molar-refractivity contribution < 1.29 is 9.13 Å². The lowest BCUT2D eigenvalue weighted by atomic mass is 10.1. The first-order valence-electron chi connectivity index (χ1n) is 4.72. The van der Waals surface area contributed by atoms with Crippen LogP contribution in [0.15, 0.2) is 18.2 Å². The van der Waals surface area contributed by atoms with Gasteiger partial charge in [-0.05, 0) is 37.1 Å². The third-order valence-corrected chi connectivity index (χ3v) is 1.96. The van der Waals surface area contributed by atoms with Gasteiger partial charge in [-0.1, -0.05) is 6.07 Å². The van der Waals surface area contributed by atoms with Crippen LogP contribution in [0.4, 0.5) is 4.39 Å². The smallest absolute Gasteiger partial charge is 0.123 e. The minimum Gasteiger partial charge on any atom is -0.374 e. The van der Waals surface area contributed by atoms with Gasteiger partial charge in [-0.2, -0.15) is 0 Å². The normalized spacial score (nSPS) is 10.9. The molecule has 78 valence electrons. The minimum atomic E-state index is -0.251. The zero-order valence-electron chi connectivity index (χ0n) is 8.59. The highest BCUT2D eigenvalue weighted by Crippen LogP contribution is 2.12. The molecule has 2 nitrogen and oxygen atoms in total. The highest BCUT2D eigenvalue weighted by molar-refractivity contribution is 5.27. The average Bonchev–Trinajstić information content (AvgIpc) is 2.15. The van der Waals surface area contributed by atoms with Gasteiger partial charge in [0, 0.05) is 6.54 Å². The van der Waals surface area contributed by atoms with Crippen molar-refractivity contribution in [1.82, 2.24) is 0 Å². The van der Waals surface area contributed by atoms with Gasteiger partial charge in [0.15, 0.2) is 0 Å². The van der Waals surface area contributed by atoms with Crippen molar-refractivity contribution in [3.8, 4) is 0 Å². The van der Waals surface area contributed by atoms with Gasteiger partial charge in [0.05, 0.1) is 12.7 Å². The average molecular weight is 197 g/mol. The molecule has 14 heavy (non-hydrogen) atoms. The molecule has 0 bridgehead atoms. The van der Waals surface area contributed by atoms with Crippen LogP contribution < -0.4 is 5.73 Å². The third kappa shape index (κ3) is 3.09. The molecule has 0 fully saturated rings. The van der Waals surface area contributed by atoms with Crippen LogP contribution in [0.1, 0.15) is 25.0 Å². The van der Waals surface area contributed by atoms with E-state index in [1.807, 2.05) is 13.8 Å². The van der Waals surface area contributed by atoms with Crippen molar-refractivity contribution in [3.63, 3.8) is 0 Å². The first kappa shape index (κ1) is 11.1. The van der Waals surface area contributed by atoms with Crippen LogP contribution in [0.5, 0.6) is 0 Å². The van der Waals surface area contributed by atoms with Gasteiger partial charge in [0.2, 0.25) is 0 Å². The van der Waals surface area contributed by atoms with E-state index in [0.29, 0.717) is 13.2 Å². The number of benzene rings is 1. The van der Waals surface area contributed by atoms with Gasteiger partial charge in [-0.25, -0.2) is 4.39 Å². The fourth-order valence-corrected chi connectivity index (χ4v) is 1.18. The van der Waals surface area contributed by atoms with Crippen LogP contribution in [0.25, 0.3) is 0 Å². The summed E-state index contributed by atoms with van der Waals surface area (Å²) in [6.45, 7) is 4.76. The lowest BCUT2D eigenvalue weighted by Crippen LogP contribution is -2.07. The van der Waals surface area contributed by atoms with E-state index in [4.69, 9.17) is 10.5 Å². The lowest BCUT2D eigenvalue weighted by molar-refractivity contribution is 0.0652. The monoisotopic (exact) mass is 197 g/mol. The maximum absolute atomic E-state index is 12.8. The molecule has 2 N–H and O–H groups in total. The third-order valence-electron chi connectivity index (χ3n) is 1.96. The molecule has 3 heteroatoms. The predicted molar refractivity (Wildman–Crippen MR) is 54.2 cm³/mol. The largest absolute Gasteiger partial charge is 0.374 e. The van der Waals surface area contributed by atoms with Gasteiger partial charge in [-0.3, -0.25) is 0 Å². The Kier molecular flexibility index (Phi) is 4.04. The van der Waals surface area contributed by atoms with E-state index in [1.54, 1.807) is 6.07 Å². The van der Waals surface area contributed by atoms with Gasteiger partial charge < -0.3 is 10.5 Å². The van der Waals surface area contributed by atoms with Crippen molar-refractivity contribution in [2.75, 3.05) is 0 Å². The molecule has 0 amide bonds. The van der Waals surface area contributed by atoms with Crippen LogP contribution in [0.3, 0.4) is 0 Å². The van der Waals surface area contributed by atoms with Crippen LogP contribution in [0, 0.1) is 5.82 Å². The van der Waals surface area contributed by atoms with Crippen LogP contribution >= 0.6 is 0 Å². The number of nitrogens with two attached hydrogens (primary N) is 1. The van der Waals surface area contributed by atoms with Crippen LogP contribution in [-0.4, -0.2) is 6.10 Å². The number of rotatable bonds is 4. The molecule has 1 rings (SSSR count). The van der Waals surface area contributed by atoms with Crippen molar-refractivity contribution in [3.05, 3.63) is 35.1 Å². The van der Waals surface area contributed by atoms with Gasteiger partial charge in [0.1, 0.15) is 5.82 Å². The van der Waals surface area contributed by atoms with E-state index in [0.717, 1.165) is 11.1 Å². The minimum absolute atomic E-state index is 0.172. The molecule has 0 aromatic heterocycles. The molecule has 0 aliphatic heterocycles. The fourth-order valence-electron chi connectivity index (χ4n) is 1.18. The molecule has 1 aromatic carbocycles. The number of hydrogen-bond acceptors (Lipinski definition) is 2. The summed E-state index contributed by atoms with van der Waals surface area (Å²) < 4.78 is 18.3. The Balaban J connectivity index is 2.75. The Bertz CT molecular complexity index is 299. The molecule has 0 heterocycles. The molecule has 0 unspecified atom stereocenters. The second-order valence-corrected chi connectivity index (χ2v) is 3.48. The topological polar surface area (TPSA) is 35.2 Å². The van der Waals surface area contributed by atoms with Crippen LogP contribution in [0.2, 0.25) is 0 Å².